The van der Waals surface area contributed by atoms with Gasteiger partial charge in [0.2, 0.25) is 5.91 Å². The first-order chi connectivity index (χ1) is 13.6. The minimum absolute atomic E-state index is 0.124. The lowest BCUT2D eigenvalue weighted by atomic mass is 10.1. The molecule has 4 nitrogen and oxygen atoms in total. The van der Waals surface area contributed by atoms with Crippen molar-refractivity contribution in [3.63, 3.8) is 0 Å². The molecule has 140 valence electrons. The maximum atomic E-state index is 13.0. The van der Waals surface area contributed by atoms with Crippen molar-refractivity contribution in [3.05, 3.63) is 89.7 Å². The number of carbonyl (C=O) groups excluding carboxylic acids is 1. The summed E-state index contributed by atoms with van der Waals surface area (Å²) in [6.07, 6.45) is 0. The van der Waals surface area contributed by atoms with E-state index in [1.165, 1.54) is 12.1 Å². The van der Waals surface area contributed by atoms with Gasteiger partial charge in [-0.05, 0) is 42.8 Å². The number of rotatable bonds is 5. The van der Waals surface area contributed by atoms with Crippen LogP contribution in [0.2, 0.25) is 0 Å². The van der Waals surface area contributed by atoms with E-state index in [9.17, 15) is 9.18 Å². The first-order valence-corrected chi connectivity index (χ1v) is 9.13. The first-order valence-electron chi connectivity index (χ1n) is 9.13. The molecule has 28 heavy (non-hydrogen) atoms. The van der Waals surface area contributed by atoms with Crippen LogP contribution in [0.25, 0.3) is 22.4 Å². The third kappa shape index (κ3) is 3.78. The fourth-order valence-corrected chi connectivity index (χ4v) is 3.24. The summed E-state index contributed by atoms with van der Waals surface area (Å²) in [4.78, 5) is 17.4. The van der Waals surface area contributed by atoms with E-state index in [4.69, 9.17) is 4.98 Å². The highest BCUT2D eigenvalue weighted by molar-refractivity contribution is 5.84. The molecule has 0 aliphatic rings. The fourth-order valence-electron chi connectivity index (χ4n) is 3.24. The SMILES string of the molecule is Cc1cccc(-c2nc3ccccc3n2CC(=O)NCc2ccc(F)cc2)c1. The Balaban J connectivity index is 1.61. The van der Waals surface area contributed by atoms with Gasteiger partial charge in [-0.15, -0.1) is 0 Å². The number of hydrogen-bond donors (Lipinski definition) is 1. The third-order valence-corrected chi connectivity index (χ3v) is 4.64. The van der Waals surface area contributed by atoms with E-state index in [-0.39, 0.29) is 18.3 Å². The number of aryl methyl sites for hydroxylation is 1. The third-order valence-electron chi connectivity index (χ3n) is 4.64. The molecule has 0 radical (unpaired) electrons. The number of para-hydroxylation sites is 2. The van der Waals surface area contributed by atoms with Gasteiger partial charge < -0.3 is 9.88 Å². The van der Waals surface area contributed by atoms with Crippen molar-refractivity contribution in [2.45, 2.75) is 20.0 Å². The van der Waals surface area contributed by atoms with Crippen molar-refractivity contribution >= 4 is 16.9 Å². The first kappa shape index (κ1) is 17.9. The molecular formula is C23H20FN3O. The van der Waals surface area contributed by atoms with Gasteiger partial charge in [0.05, 0.1) is 11.0 Å². The number of amides is 1. The summed E-state index contributed by atoms with van der Waals surface area (Å²) in [6, 6.07) is 22.0. The van der Waals surface area contributed by atoms with Gasteiger partial charge in [-0.25, -0.2) is 9.37 Å². The van der Waals surface area contributed by atoms with Gasteiger partial charge in [-0.2, -0.15) is 0 Å². The molecule has 0 unspecified atom stereocenters. The summed E-state index contributed by atoms with van der Waals surface area (Å²) in [5, 5.41) is 2.90. The fraction of sp³-hybridized carbons (Fsp3) is 0.130. The number of fused-ring (bicyclic) bond motifs is 1. The second-order valence-electron chi connectivity index (χ2n) is 6.78. The molecule has 0 fully saturated rings. The second kappa shape index (κ2) is 7.64. The topological polar surface area (TPSA) is 46.9 Å². The van der Waals surface area contributed by atoms with Gasteiger partial charge in [0.15, 0.2) is 0 Å². The van der Waals surface area contributed by atoms with Crippen molar-refractivity contribution < 1.29 is 9.18 Å². The Labute approximate surface area is 162 Å². The lowest BCUT2D eigenvalue weighted by molar-refractivity contribution is -0.121. The number of aromatic nitrogens is 2. The lowest BCUT2D eigenvalue weighted by Gasteiger charge is -2.11. The largest absolute Gasteiger partial charge is 0.350 e. The van der Waals surface area contributed by atoms with Crippen molar-refractivity contribution in [2.24, 2.45) is 0 Å². The predicted molar refractivity (Wildman–Crippen MR) is 108 cm³/mol. The monoisotopic (exact) mass is 373 g/mol. The number of carbonyl (C=O) groups is 1. The minimum atomic E-state index is -0.289. The van der Waals surface area contributed by atoms with E-state index in [1.807, 2.05) is 54.0 Å². The summed E-state index contributed by atoms with van der Waals surface area (Å²) in [6.45, 7) is 2.54. The molecule has 0 aliphatic heterocycles. The van der Waals surface area contributed by atoms with Gasteiger partial charge in [-0.3, -0.25) is 4.79 Å². The molecule has 1 aromatic heterocycles. The average Bonchev–Trinajstić information content (AvgIpc) is 3.06. The van der Waals surface area contributed by atoms with Crippen LogP contribution in [-0.4, -0.2) is 15.5 Å². The zero-order chi connectivity index (χ0) is 19.5. The summed E-state index contributed by atoms with van der Waals surface area (Å²) >= 11 is 0. The maximum Gasteiger partial charge on any atom is 0.240 e. The molecule has 3 aromatic carbocycles. The number of benzene rings is 3. The van der Waals surface area contributed by atoms with Crippen LogP contribution in [0.4, 0.5) is 4.39 Å². The normalized spacial score (nSPS) is 10.9. The van der Waals surface area contributed by atoms with E-state index < -0.39 is 0 Å². The van der Waals surface area contributed by atoms with Gasteiger partial charge in [0.1, 0.15) is 18.2 Å². The number of halogens is 1. The Morgan fingerprint density at radius 3 is 2.61 bits per heavy atom. The van der Waals surface area contributed by atoms with Crippen LogP contribution in [0.5, 0.6) is 0 Å². The van der Waals surface area contributed by atoms with E-state index in [0.717, 1.165) is 33.5 Å². The zero-order valence-corrected chi connectivity index (χ0v) is 15.5. The average molecular weight is 373 g/mol. The molecule has 4 aromatic rings. The Bertz CT molecular complexity index is 1130. The molecule has 0 saturated heterocycles. The molecule has 0 saturated carbocycles. The predicted octanol–water partition coefficient (Wildman–Crippen LogP) is 4.47. The molecule has 4 rings (SSSR count). The van der Waals surface area contributed by atoms with Crippen molar-refractivity contribution in [1.29, 1.82) is 0 Å². The molecule has 5 heteroatoms. The molecule has 1 N–H and O–H groups in total. The molecule has 0 bridgehead atoms. The molecule has 1 heterocycles. The number of nitrogens with zero attached hydrogens (tertiary/aromatic N) is 2. The van der Waals surface area contributed by atoms with E-state index >= 15 is 0 Å². The Morgan fingerprint density at radius 1 is 1.04 bits per heavy atom. The highest BCUT2D eigenvalue weighted by Gasteiger charge is 2.15. The Kier molecular flexibility index (Phi) is 4.89. The summed E-state index contributed by atoms with van der Waals surface area (Å²) < 4.78 is 15.0. The van der Waals surface area contributed by atoms with Crippen LogP contribution in [0.1, 0.15) is 11.1 Å². The maximum absolute atomic E-state index is 13.0. The van der Waals surface area contributed by atoms with Crippen LogP contribution in [0.3, 0.4) is 0 Å². The van der Waals surface area contributed by atoms with Gasteiger partial charge >= 0.3 is 0 Å². The van der Waals surface area contributed by atoms with Gasteiger partial charge in [0, 0.05) is 12.1 Å². The number of hydrogen-bond acceptors (Lipinski definition) is 2. The summed E-state index contributed by atoms with van der Waals surface area (Å²) in [7, 11) is 0. The van der Waals surface area contributed by atoms with Crippen molar-refractivity contribution in [3.8, 4) is 11.4 Å². The molecule has 0 spiro atoms. The van der Waals surface area contributed by atoms with Crippen LogP contribution in [0.15, 0.2) is 72.8 Å². The summed E-state index contributed by atoms with van der Waals surface area (Å²) in [5.74, 6) is 0.353. The lowest BCUT2D eigenvalue weighted by Crippen LogP contribution is -2.27. The molecule has 0 aliphatic carbocycles. The quantitative estimate of drug-likeness (QED) is 0.561. The summed E-state index contributed by atoms with van der Waals surface area (Å²) in [5.41, 5.74) is 4.73. The highest BCUT2D eigenvalue weighted by Crippen LogP contribution is 2.25. The van der Waals surface area contributed by atoms with Gasteiger partial charge in [0.25, 0.3) is 0 Å². The van der Waals surface area contributed by atoms with Crippen LogP contribution in [-0.2, 0) is 17.9 Å². The van der Waals surface area contributed by atoms with Crippen LogP contribution < -0.4 is 5.32 Å². The minimum Gasteiger partial charge on any atom is -0.350 e. The van der Waals surface area contributed by atoms with Crippen molar-refractivity contribution in [1.82, 2.24) is 14.9 Å². The van der Waals surface area contributed by atoms with E-state index in [0.29, 0.717) is 6.54 Å². The number of nitrogens with one attached hydrogen (secondary N) is 1. The van der Waals surface area contributed by atoms with Crippen LogP contribution in [0, 0.1) is 12.7 Å². The smallest absolute Gasteiger partial charge is 0.240 e. The van der Waals surface area contributed by atoms with E-state index in [2.05, 4.69) is 11.4 Å². The van der Waals surface area contributed by atoms with Crippen LogP contribution >= 0.6 is 0 Å². The van der Waals surface area contributed by atoms with Gasteiger partial charge in [-0.1, -0.05) is 48.0 Å². The molecule has 1 amide bonds. The Hall–Kier alpha value is -3.47. The molecule has 0 atom stereocenters. The van der Waals surface area contributed by atoms with E-state index in [1.54, 1.807) is 12.1 Å². The number of imidazole rings is 1. The second-order valence-corrected chi connectivity index (χ2v) is 6.78. The highest BCUT2D eigenvalue weighted by atomic mass is 19.1. The molecular weight excluding hydrogens is 353 g/mol. The standard InChI is InChI=1S/C23H20FN3O/c1-16-5-4-6-18(13-16)23-26-20-7-2-3-8-21(20)27(23)15-22(28)25-14-17-9-11-19(24)12-10-17/h2-13H,14-15H2,1H3,(H,25,28). The Morgan fingerprint density at radius 2 is 1.82 bits per heavy atom. The zero-order valence-electron chi connectivity index (χ0n) is 15.5. The van der Waals surface area contributed by atoms with Crippen molar-refractivity contribution in [2.75, 3.05) is 0 Å².